The van der Waals surface area contributed by atoms with Crippen LogP contribution < -0.4 is 25.3 Å². The van der Waals surface area contributed by atoms with Crippen LogP contribution in [0.1, 0.15) is 30.6 Å². The van der Waals surface area contributed by atoms with Crippen molar-refractivity contribution in [1.29, 1.82) is 0 Å². The van der Waals surface area contributed by atoms with Crippen LogP contribution in [-0.4, -0.2) is 26.2 Å². The van der Waals surface area contributed by atoms with Gasteiger partial charge in [0.05, 0.1) is 36.7 Å². The minimum Gasteiger partial charge on any atom is -0.497 e. The van der Waals surface area contributed by atoms with Crippen LogP contribution in [0.15, 0.2) is 30.3 Å². The zero-order valence-electron chi connectivity index (χ0n) is 15.5. The molecule has 2 rings (SSSR count). The van der Waals surface area contributed by atoms with Gasteiger partial charge in [-0.2, -0.15) is 0 Å². The van der Waals surface area contributed by atoms with Gasteiger partial charge < -0.3 is 25.3 Å². The number of hydrogen-bond acceptors (Lipinski definition) is 5. The third kappa shape index (κ3) is 5.84. The molecule has 8 heteroatoms. The number of carbonyl (C=O) groups excluding carboxylic acids is 1. The molecule has 0 aliphatic carbocycles. The van der Waals surface area contributed by atoms with Gasteiger partial charge >= 0.3 is 0 Å². The van der Waals surface area contributed by atoms with Crippen LogP contribution in [0.5, 0.6) is 17.2 Å². The SMILES string of the molecule is CCCOc1c(Cl)cc(C(=O)Nc2cc(OC)ccc2N)cc1OCC.Cl. The van der Waals surface area contributed by atoms with E-state index in [1.54, 1.807) is 37.4 Å². The minimum absolute atomic E-state index is 0. The summed E-state index contributed by atoms with van der Waals surface area (Å²) in [5.41, 5.74) is 7.14. The van der Waals surface area contributed by atoms with E-state index < -0.39 is 0 Å². The number of hydrogen-bond donors (Lipinski definition) is 2. The number of anilines is 2. The number of amides is 1. The van der Waals surface area contributed by atoms with Gasteiger partial charge in [0.2, 0.25) is 0 Å². The molecule has 0 aromatic heterocycles. The lowest BCUT2D eigenvalue weighted by Gasteiger charge is -2.15. The molecule has 0 heterocycles. The largest absolute Gasteiger partial charge is 0.497 e. The highest BCUT2D eigenvalue weighted by Gasteiger charge is 2.17. The number of halogens is 2. The van der Waals surface area contributed by atoms with Gasteiger partial charge in [-0.1, -0.05) is 18.5 Å². The van der Waals surface area contributed by atoms with Gasteiger partial charge in [-0.05, 0) is 37.6 Å². The van der Waals surface area contributed by atoms with E-state index in [0.29, 0.717) is 52.4 Å². The number of methoxy groups -OCH3 is 1. The Morgan fingerprint density at radius 3 is 2.56 bits per heavy atom. The van der Waals surface area contributed by atoms with E-state index in [-0.39, 0.29) is 18.3 Å². The number of rotatable bonds is 8. The van der Waals surface area contributed by atoms with Crippen LogP contribution in [0.2, 0.25) is 5.02 Å². The normalized spacial score (nSPS) is 9.93. The predicted octanol–water partition coefficient (Wildman–Crippen LogP) is 4.79. The fourth-order valence-electron chi connectivity index (χ4n) is 2.27. The molecule has 2 aromatic carbocycles. The van der Waals surface area contributed by atoms with Crippen LogP contribution >= 0.6 is 24.0 Å². The summed E-state index contributed by atoms with van der Waals surface area (Å²) in [5, 5.41) is 3.07. The summed E-state index contributed by atoms with van der Waals surface area (Å²) >= 11 is 6.30. The van der Waals surface area contributed by atoms with Gasteiger partial charge in [0.1, 0.15) is 5.75 Å². The Kier molecular flexibility index (Phi) is 9.05. The Labute approximate surface area is 170 Å². The highest BCUT2D eigenvalue weighted by atomic mass is 35.5. The second-order valence-corrected chi connectivity index (χ2v) is 5.88. The Bertz CT molecular complexity index is 785. The van der Waals surface area contributed by atoms with Crippen molar-refractivity contribution in [3.05, 3.63) is 40.9 Å². The molecule has 2 aromatic rings. The molecular formula is C19H24Cl2N2O4. The van der Waals surface area contributed by atoms with Crippen molar-refractivity contribution in [2.24, 2.45) is 0 Å². The third-order valence-corrected chi connectivity index (χ3v) is 3.81. The van der Waals surface area contributed by atoms with Crippen molar-refractivity contribution in [2.45, 2.75) is 20.3 Å². The molecule has 0 bridgehead atoms. The number of nitrogens with two attached hydrogens (primary N) is 1. The maximum atomic E-state index is 12.6. The Morgan fingerprint density at radius 1 is 1.19 bits per heavy atom. The molecule has 0 atom stereocenters. The summed E-state index contributed by atoms with van der Waals surface area (Å²) < 4.78 is 16.4. The van der Waals surface area contributed by atoms with Crippen LogP contribution in [0.25, 0.3) is 0 Å². The highest BCUT2D eigenvalue weighted by Crippen LogP contribution is 2.37. The molecule has 0 aliphatic rings. The van der Waals surface area contributed by atoms with E-state index in [1.165, 1.54) is 0 Å². The first kappa shape index (κ1) is 22.7. The predicted molar refractivity (Wildman–Crippen MR) is 111 cm³/mol. The van der Waals surface area contributed by atoms with E-state index in [4.69, 9.17) is 31.5 Å². The van der Waals surface area contributed by atoms with E-state index in [1.807, 2.05) is 13.8 Å². The number of carbonyl (C=O) groups is 1. The van der Waals surface area contributed by atoms with Gasteiger partial charge in [-0.25, -0.2) is 0 Å². The Balaban J connectivity index is 0.00000364. The molecule has 6 nitrogen and oxygen atoms in total. The standard InChI is InChI=1S/C19H23ClN2O4.ClH/c1-4-8-26-18-14(20)9-12(10-17(18)25-5-2)19(23)22-16-11-13(24-3)6-7-15(16)21;/h6-7,9-11H,4-5,8,21H2,1-3H3,(H,22,23);1H. The maximum Gasteiger partial charge on any atom is 0.255 e. The molecule has 1 amide bonds. The highest BCUT2D eigenvalue weighted by molar-refractivity contribution is 6.32. The fourth-order valence-corrected chi connectivity index (χ4v) is 2.54. The molecule has 0 aliphatic heterocycles. The molecule has 0 saturated carbocycles. The van der Waals surface area contributed by atoms with Crippen molar-refractivity contribution >= 4 is 41.3 Å². The van der Waals surface area contributed by atoms with E-state index in [9.17, 15) is 4.79 Å². The molecule has 0 saturated heterocycles. The van der Waals surface area contributed by atoms with Gasteiger partial charge in [0.15, 0.2) is 11.5 Å². The average Bonchev–Trinajstić information content (AvgIpc) is 2.63. The fraction of sp³-hybridized carbons (Fsp3) is 0.316. The second-order valence-electron chi connectivity index (χ2n) is 5.47. The first-order valence-corrected chi connectivity index (χ1v) is 8.71. The van der Waals surface area contributed by atoms with E-state index in [0.717, 1.165) is 6.42 Å². The summed E-state index contributed by atoms with van der Waals surface area (Å²) in [6.07, 6.45) is 0.833. The van der Waals surface area contributed by atoms with Gasteiger partial charge in [-0.15, -0.1) is 12.4 Å². The first-order valence-electron chi connectivity index (χ1n) is 8.34. The van der Waals surface area contributed by atoms with Gasteiger partial charge in [0.25, 0.3) is 5.91 Å². The Morgan fingerprint density at radius 2 is 1.93 bits per heavy atom. The van der Waals surface area contributed by atoms with Crippen LogP contribution in [0, 0.1) is 0 Å². The lowest BCUT2D eigenvalue weighted by molar-refractivity contribution is 0.102. The molecule has 0 fully saturated rings. The number of benzene rings is 2. The quantitative estimate of drug-likeness (QED) is 0.606. The molecule has 0 spiro atoms. The molecular weight excluding hydrogens is 391 g/mol. The van der Waals surface area contributed by atoms with Crippen LogP contribution in [0.3, 0.4) is 0 Å². The van der Waals surface area contributed by atoms with E-state index >= 15 is 0 Å². The summed E-state index contributed by atoms with van der Waals surface area (Å²) in [6.45, 7) is 4.77. The minimum atomic E-state index is -0.366. The summed E-state index contributed by atoms with van der Waals surface area (Å²) in [5.74, 6) is 1.09. The zero-order valence-corrected chi connectivity index (χ0v) is 17.1. The molecule has 0 radical (unpaired) electrons. The monoisotopic (exact) mass is 414 g/mol. The first-order chi connectivity index (χ1) is 12.5. The summed E-state index contributed by atoms with van der Waals surface area (Å²) in [6, 6.07) is 8.17. The lowest BCUT2D eigenvalue weighted by Crippen LogP contribution is -2.14. The second kappa shape index (κ2) is 10.7. The van der Waals surface area contributed by atoms with Crippen molar-refractivity contribution in [3.63, 3.8) is 0 Å². The molecule has 148 valence electrons. The maximum absolute atomic E-state index is 12.6. The summed E-state index contributed by atoms with van der Waals surface area (Å²) in [7, 11) is 1.54. The third-order valence-electron chi connectivity index (χ3n) is 3.53. The van der Waals surface area contributed by atoms with Crippen LogP contribution in [0.4, 0.5) is 11.4 Å². The van der Waals surface area contributed by atoms with E-state index in [2.05, 4.69) is 5.32 Å². The van der Waals surface area contributed by atoms with Crippen molar-refractivity contribution in [1.82, 2.24) is 0 Å². The van der Waals surface area contributed by atoms with Crippen molar-refractivity contribution in [3.8, 4) is 17.2 Å². The Hall–Kier alpha value is -2.31. The molecule has 0 unspecified atom stereocenters. The smallest absolute Gasteiger partial charge is 0.255 e. The zero-order chi connectivity index (χ0) is 19.1. The lowest BCUT2D eigenvalue weighted by atomic mass is 10.1. The van der Waals surface area contributed by atoms with Gasteiger partial charge in [0, 0.05) is 11.6 Å². The van der Waals surface area contributed by atoms with Crippen LogP contribution in [-0.2, 0) is 0 Å². The number of ether oxygens (including phenoxy) is 3. The summed E-state index contributed by atoms with van der Waals surface area (Å²) in [4.78, 5) is 12.6. The molecule has 27 heavy (non-hydrogen) atoms. The average molecular weight is 415 g/mol. The van der Waals surface area contributed by atoms with Crippen molar-refractivity contribution < 1.29 is 19.0 Å². The number of nitrogen functional groups attached to an aromatic ring is 1. The topological polar surface area (TPSA) is 82.8 Å². The molecule has 3 N–H and O–H groups in total. The van der Waals surface area contributed by atoms with Crippen molar-refractivity contribution in [2.75, 3.05) is 31.4 Å². The van der Waals surface area contributed by atoms with Gasteiger partial charge in [-0.3, -0.25) is 4.79 Å². The number of nitrogens with one attached hydrogen (secondary N) is 1.